The summed E-state index contributed by atoms with van der Waals surface area (Å²) in [5.74, 6) is 0.815. The third-order valence-corrected chi connectivity index (χ3v) is 11.2. The third-order valence-electron chi connectivity index (χ3n) is 11.2. The van der Waals surface area contributed by atoms with Crippen LogP contribution in [-0.4, -0.2) is 19.1 Å². The molecule has 0 fully saturated rings. The Bertz CT molecular complexity index is 3430. The fourth-order valence-electron chi connectivity index (χ4n) is 9.00. The third kappa shape index (κ3) is 4.02. The Morgan fingerprint density at radius 2 is 0.796 bits per heavy atom. The Kier molecular flexibility index (Phi) is 6.02. The standard InChI is InChI=1S/C50H30N4/c1-3-14-31(15-4-1)32-16-11-17-33(30-32)49-50(52-40-25-10-9-24-39(40)51-49)54-42-27-13-23-38-36-21-8-7-20-35(36)37-22-12-26-41-45(37)47-43(28-29-44(54)48(47)46(38)42)53(41)34-18-5-2-6-19-34/h1-30H. The summed E-state index contributed by atoms with van der Waals surface area (Å²) in [6.07, 6.45) is 0. The largest absolute Gasteiger partial charge is 0.309 e. The van der Waals surface area contributed by atoms with Crippen LogP contribution in [0.2, 0.25) is 0 Å². The van der Waals surface area contributed by atoms with Crippen molar-refractivity contribution >= 4 is 76.2 Å². The van der Waals surface area contributed by atoms with E-state index in [-0.39, 0.29) is 0 Å². The molecule has 0 saturated carbocycles. The van der Waals surface area contributed by atoms with Gasteiger partial charge in [-0.3, -0.25) is 4.57 Å². The van der Waals surface area contributed by atoms with Gasteiger partial charge in [0.15, 0.2) is 5.82 Å². The number of benzene rings is 8. The molecule has 3 aromatic heterocycles. The van der Waals surface area contributed by atoms with Crippen molar-refractivity contribution in [1.29, 1.82) is 0 Å². The molecule has 0 saturated heterocycles. The maximum absolute atomic E-state index is 5.50. The van der Waals surface area contributed by atoms with E-state index in [9.17, 15) is 0 Å². The van der Waals surface area contributed by atoms with Crippen LogP contribution in [0.4, 0.5) is 0 Å². The first-order valence-electron chi connectivity index (χ1n) is 18.4. The highest BCUT2D eigenvalue weighted by Crippen LogP contribution is 2.48. The van der Waals surface area contributed by atoms with E-state index in [0.29, 0.717) is 0 Å². The minimum atomic E-state index is 0.815. The summed E-state index contributed by atoms with van der Waals surface area (Å²) in [5.41, 5.74) is 11.6. The molecule has 0 aliphatic rings. The second-order valence-electron chi connectivity index (χ2n) is 14.1. The molecule has 4 heteroatoms. The second-order valence-corrected chi connectivity index (χ2v) is 14.1. The van der Waals surface area contributed by atoms with Gasteiger partial charge in [0.25, 0.3) is 0 Å². The van der Waals surface area contributed by atoms with Gasteiger partial charge < -0.3 is 4.57 Å². The fraction of sp³-hybridized carbons (Fsp3) is 0. The van der Waals surface area contributed by atoms with Crippen LogP contribution in [-0.2, 0) is 0 Å². The monoisotopic (exact) mass is 686 g/mol. The van der Waals surface area contributed by atoms with Crippen LogP contribution in [0.15, 0.2) is 182 Å². The quantitative estimate of drug-likeness (QED) is 0.185. The van der Waals surface area contributed by atoms with Gasteiger partial charge in [0.05, 0.1) is 33.1 Å². The summed E-state index contributed by atoms with van der Waals surface area (Å²) >= 11 is 0. The van der Waals surface area contributed by atoms with E-state index in [4.69, 9.17) is 9.97 Å². The molecule has 0 unspecified atom stereocenters. The molecule has 0 aliphatic carbocycles. The topological polar surface area (TPSA) is 35.6 Å². The summed E-state index contributed by atoms with van der Waals surface area (Å²) in [5, 5.41) is 9.92. The molecule has 0 atom stereocenters. The molecule has 3 heterocycles. The van der Waals surface area contributed by atoms with Gasteiger partial charge in [-0.25, -0.2) is 9.97 Å². The highest BCUT2D eigenvalue weighted by atomic mass is 15.1. The van der Waals surface area contributed by atoms with Crippen molar-refractivity contribution in [2.75, 3.05) is 0 Å². The summed E-state index contributed by atoms with van der Waals surface area (Å²) in [4.78, 5) is 10.9. The van der Waals surface area contributed by atoms with E-state index >= 15 is 0 Å². The fourth-order valence-corrected chi connectivity index (χ4v) is 9.00. The van der Waals surface area contributed by atoms with Crippen molar-refractivity contribution in [2.45, 2.75) is 0 Å². The van der Waals surface area contributed by atoms with Crippen molar-refractivity contribution in [2.24, 2.45) is 0 Å². The molecule has 0 amide bonds. The number of hydrogen-bond acceptors (Lipinski definition) is 2. The molecule has 4 nitrogen and oxygen atoms in total. The number of nitrogens with zero attached hydrogens (tertiary/aromatic N) is 4. The predicted molar refractivity (Wildman–Crippen MR) is 225 cm³/mol. The maximum atomic E-state index is 5.50. The van der Waals surface area contributed by atoms with Gasteiger partial charge in [-0.2, -0.15) is 0 Å². The van der Waals surface area contributed by atoms with Crippen LogP contribution in [0, 0.1) is 0 Å². The number of rotatable bonds is 4. The molecule has 0 bridgehead atoms. The van der Waals surface area contributed by atoms with Gasteiger partial charge in [0.2, 0.25) is 0 Å². The number of para-hydroxylation sites is 3. The Labute approximate surface area is 310 Å². The number of aromatic nitrogens is 4. The first-order chi connectivity index (χ1) is 26.8. The lowest BCUT2D eigenvalue weighted by atomic mass is 9.95. The van der Waals surface area contributed by atoms with E-state index in [1.165, 1.54) is 59.7 Å². The zero-order chi connectivity index (χ0) is 35.3. The number of fused-ring (bicyclic) bond motifs is 4. The van der Waals surface area contributed by atoms with Crippen molar-refractivity contribution in [1.82, 2.24) is 19.1 Å². The van der Waals surface area contributed by atoms with E-state index in [1.54, 1.807) is 0 Å². The smallest absolute Gasteiger partial charge is 0.165 e. The van der Waals surface area contributed by atoms with Crippen LogP contribution in [0.1, 0.15) is 0 Å². The highest BCUT2D eigenvalue weighted by molar-refractivity contribution is 6.39. The predicted octanol–water partition coefficient (Wildman–Crippen LogP) is 12.9. The molecule has 250 valence electrons. The highest BCUT2D eigenvalue weighted by Gasteiger charge is 2.26. The van der Waals surface area contributed by atoms with Crippen molar-refractivity contribution in [3.05, 3.63) is 182 Å². The molecular weight excluding hydrogens is 657 g/mol. The lowest BCUT2D eigenvalue weighted by Gasteiger charge is -2.14. The van der Waals surface area contributed by atoms with E-state index in [0.717, 1.165) is 50.4 Å². The van der Waals surface area contributed by atoms with Gasteiger partial charge >= 0.3 is 0 Å². The van der Waals surface area contributed by atoms with Crippen molar-refractivity contribution < 1.29 is 0 Å². The van der Waals surface area contributed by atoms with E-state index in [1.807, 2.05) is 12.1 Å². The minimum absolute atomic E-state index is 0.815. The zero-order valence-corrected chi connectivity index (χ0v) is 29.1. The lowest BCUT2D eigenvalue weighted by molar-refractivity contribution is 1.08. The molecule has 0 N–H and O–H groups in total. The summed E-state index contributed by atoms with van der Waals surface area (Å²) in [6.45, 7) is 0. The molecule has 12 aromatic rings. The average Bonchev–Trinajstić information content (AvgIpc) is 3.76. The van der Waals surface area contributed by atoms with Crippen LogP contribution < -0.4 is 0 Å². The summed E-state index contributed by atoms with van der Waals surface area (Å²) in [6, 6.07) is 65.2. The Hall–Kier alpha value is -7.30. The average molecular weight is 687 g/mol. The molecular formula is C50H30N4. The van der Waals surface area contributed by atoms with Gasteiger partial charge in [-0.1, -0.05) is 127 Å². The molecule has 0 radical (unpaired) electrons. The first kappa shape index (κ1) is 29.3. The Morgan fingerprint density at radius 3 is 1.48 bits per heavy atom. The second kappa shape index (κ2) is 11.1. The van der Waals surface area contributed by atoms with E-state index in [2.05, 4.69) is 179 Å². The maximum Gasteiger partial charge on any atom is 0.165 e. The lowest BCUT2D eigenvalue weighted by Crippen LogP contribution is -2.03. The van der Waals surface area contributed by atoms with E-state index < -0.39 is 0 Å². The van der Waals surface area contributed by atoms with Gasteiger partial charge in [0, 0.05) is 32.8 Å². The van der Waals surface area contributed by atoms with Gasteiger partial charge in [-0.05, 0) is 87.3 Å². The SMILES string of the molecule is c1ccc(-c2cccc(-c3nc4ccccc4nc3-n3c4cccc5c6ccccc6c6cccc7c6c6c(c54)c3ccc6n7-c3ccccc3)c2)cc1. The van der Waals surface area contributed by atoms with Crippen molar-refractivity contribution in [3.8, 4) is 33.9 Å². The molecule has 0 spiro atoms. The molecule has 0 aliphatic heterocycles. The van der Waals surface area contributed by atoms with Gasteiger partial charge in [-0.15, -0.1) is 0 Å². The van der Waals surface area contributed by atoms with Crippen molar-refractivity contribution in [3.63, 3.8) is 0 Å². The zero-order valence-electron chi connectivity index (χ0n) is 29.1. The minimum Gasteiger partial charge on any atom is -0.309 e. The molecule has 54 heavy (non-hydrogen) atoms. The van der Waals surface area contributed by atoms with Crippen LogP contribution in [0.25, 0.3) is 110 Å². The van der Waals surface area contributed by atoms with Crippen LogP contribution >= 0.6 is 0 Å². The summed E-state index contributed by atoms with van der Waals surface area (Å²) in [7, 11) is 0. The van der Waals surface area contributed by atoms with Gasteiger partial charge in [0.1, 0.15) is 5.69 Å². The Balaban J connectivity index is 1.29. The molecule has 9 aromatic carbocycles. The van der Waals surface area contributed by atoms with Crippen LogP contribution in [0.5, 0.6) is 0 Å². The van der Waals surface area contributed by atoms with Crippen LogP contribution in [0.3, 0.4) is 0 Å². The Morgan fingerprint density at radius 1 is 0.315 bits per heavy atom. The molecule has 12 rings (SSSR count). The number of hydrogen-bond donors (Lipinski definition) is 0. The normalized spacial score (nSPS) is 12.1. The first-order valence-corrected chi connectivity index (χ1v) is 18.4. The summed E-state index contributed by atoms with van der Waals surface area (Å²) < 4.78 is 4.81.